The first-order chi connectivity index (χ1) is 9.86. The van der Waals surface area contributed by atoms with Crippen LogP contribution in [0.25, 0.3) is 0 Å². The van der Waals surface area contributed by atoms with Gasteiger partial charge in [0.15, 0.2) is 5.96 Å². The minimum Gasteiger partial charge on any atom is -0.385 e. The highest BCUT2D eigenvalue weighted by atomic mass is 16.5. The van der Waals surface area contributed by atoms with Crippen LogP contribution >= 0.6 is 0 Å². The van der Waals surface area contributed by atoms with Gasteiger partial charge in [0.2, 0.25) is 0 Å². The molecule has 1 aromatic carbocycles. The fourth-order valence-corrected chi connectivity index (χ4v) is 1.88. The summed E-state index contributed by atoms with van der Waals surface area (Å²) in [4.78, 5) is 4.58. The third-order valence-corrected chi connectivity index (χ3v) is 2.90. The molecule has 0 unspecified atom stereocenters. The first kappa shape index (κ1) is 16.5. The maximum absolute atomic E-state index is 5.03. The Morgan fingerprint density at radius 3 is 2.65 bits per heavy atom. The van der Waals surface area contributed by atoms with Gasteiger partial charge in [-0.25, -0.2) is 0 Å². The summed E-state index contributed by atoms with van der Waals surface area (Å²) in [6.45, 7) is 5.47. The predicted octanol–water partition coefficient (Wildman–Crippen LogP) is 2.21. The van der Waals surface area contributed by atoms with Crippen molar-refractivity contribution in [3.63, 3.8) is 0 Å². The van der Waals surface area contributed by atoms with Gasteiger partial charge in [-0.15, -0.1) is 0 Å². The number of guanidine groups is 1. The summed E-state index contributed by atoms with van der Waals surface area (Å²) in [5.74, 6) is 0.900. The van der Waals surface area contributed by atoms with Crippen molar-refractivity contribution in [1.82, 2.24) is 10.6 Å². The molecule has 112 valence electrons. The van der Waals surface area contributed by atoms with Gasteiger partial charge in [0.05, 0.1) is 0 Å². The Bertz CT molecular complexity index is 365. The first-order valence-electron chi connectivity index (χ1n) is 7.42. The topological polar surface area (TPSA) is 45.7 Å². The SMILES string of the molecule is CCNC(=NCCCc1ccccc1)NCCCOC. The minimum absolute atomic E-state index is 0.778. The molecular weight excluding hydrogens is 250 g/mol. The van der Waals surface area contributed by atoms with E-state index in [0.29, 0.717) is 0 Å². The summed E-state index contributed by atoms with van der Waals surface area (Å²) >= 11 is 0. The van der Waals surface area contributed by atoms with Gasteiger partial charge in [-0.2, -0.15) is 0 Å². The number of nitrogens with one attached hydrogen (secondary N) is 2. The number of ether oxygens (including phenoxy) is 1. The molecular formula is C16H27N3O. The van der Waals surface area contributed by atoms with E-state index in [1.807, 2.05) is 0 Å². The summed E-state index contributed by atoms with van der Waals surface area (Å²) in [6, 6.07) is 10.5. The normalized spacial score (nSPS) is 11.4. The Morgan fingerprint density at radius 1 is 1.15 bits per heavy atom. The van der Waals surface area contributed by atoms with Crippen LogP contribution in [-0.4, -0.2) is 39.3 Å². The number of aryl methyl sites for hydroxylation is 1. The molecule has 0 radical (unpaired) electrons. The highest BCUT2D eigenvalue weighted by molar-refractivity contribution is 5.79. The van der Waals surface area contributed by atoms with Crippen molar-refractivity contribution in [2.45, 2.75) is 26.2 Å². The van der Waals surface area contributed by atoms with E-state index >= 15 is 0 Å². The van der Waals surface area contributed by atoms with E-state index < -0.39 is 0 Å². The smallest absolute Gasteiger partial charge is 0.191 e. The van der Waals surface area contributed by atoms with Crippen LogP contribution in [0.3, 0.4) is 0 Å². The lowest BCUT2D eigenvalue weighted by molar-refractivity contribution is 0.195. The van der Waals surface area contributed by atoms with E-state index in [1.54, 1.807) is 7.11 Å². The van der Waals surface area contributed by atoms with Crippen LogP contribution in [0.4, 0.5) is 0 Å². The largest absolute Gasteiger partial charge is 0.385 e. The molecule has 4 heteroatoms. The molecule has 1 aromatic rings. The average Bonchev–Trinajstić information content (AvgIpc) is 2.49. The Labute approximate surface area is 122 Å². The van der Waals surface area contributed by atoms with E-state index in [1.165, 1.54) is 5.56 Å². The van der Waals surface area contributed by atoms with E-state index in [-0.39, 0.29) is 0 Å². The van der Waals surface area contributed by atoms with Crippen molar-refractivity contribution in [3.05, 3.63) is 35.9 Å². The van der Waals surface area contributed by atoms with Gasteiger partial charge < -0.3 is 15.4 Å². The van der Waals surface area contributed by atoms with E-state index in [9.17, 15) is 0 Å². The van der Waals surface area contributed by atoms with Crippen molar-refractivity contribution in [1.29, 1.82) is 0 Å². The molecule has 4 nitrogen and oxygen atoms in total. The molecule has 0 heterocycles. The monoisotopic (exact) mass is 277 g/mol. The van der Waals surface area contributed by atoms with Crippen LogP contribution in [0.2, 0.25) is 0 Å². The maximum atomic E-state index is 5.03. The van der Waals surface area contributed by atoms with Crippen LogP contribution in [0, 0.1) is 0 Å². The summed E-state index contributed by atoms with van der Waals surface area (Å²) in [5.41, 5.74) is 1.38. The molecule has 2 N–H and O–H groups in total. The van der Waals surface area contributed by atoms with Crippen molar-refractivity contribution in [3.8, 4) is 0 Å². The van der Waals surface area contributed by atoms with Crippen molar-refractivity contribution < 1.29 is 4.74 Å². The third kappa shape index (κ3) is 7.79. The fraction of sp³-hybridized carbons (Fsp3) is 0.562. The van der Waals surface area contributed by atoms with Crippen LogP contribution in [0.5, 0.6) is 0 Å². The lowest BCUT2D eigenvalue weighted by Crippen LogP contribution is -2.38. The standard InChI is InChI=1S/C16H27N3O/c1-3-17-16(19-13-8-14-20-2)18-12-7-11-15-9-5-4-6-10-15/h4-6,9-10H,3,7-8,11-14H2,1-2H3,(H2,17,18,19). The summed E-state index contributed by atoms with van der Waals surface area (Å²) in [5, 5.41) is 6.57. The predicted molar refractivity (Wildman–Crippen MR) is 85.2 cm³/mol. The van der Waals surface area contributed by atoms with Gasteiger partial charge in [0.1, 0.15) is 0 Å². The molecule has 0 fully saturated rings. The number of methoxy groups -OCH3 is 1. The number of rotatable bonds is 9. The third-order valence-electron chi connectivity index (χ3n) is 2.90. The Balaban J connectivity index is 2.24. The van der Waals surface area contributed by atoms with Crippen LogP contribution in [-0.2, 0) is 11.2 Å². The summed E-state index contributed by atoms with van der Waals surface area (Å²) < 4.78 is 5.03. The van der Waals surface area contributed by atoms with Gasteiger partial charge >= 0.3 is 0 Å². The number of nitrogens with zero attached hydrogens (tertiary/aromatic N) is 1. The van der Waals surface area contributed by atoms with Crippen LogP contribution in [0.1, 0.15) is 25.3 Å². The highest BCUT2D eigenvalue weighted by Crippen LogP contribution is 2.02. The molecule has 0 aliphatic carbocycles. The zero-order chi connectivity index (χ0) is 14.5. The second-order valence-corrected chi connectivity index (χ2v) is 4.62. The van der Waals surface area contributed by atoms with Crippen molar-refractivity contribution >= 4 is 5.96 Å². The molecule has 0 saturated carbocycles. The van der Waals surface area contributed by atoms with E-state index in [4.69, 9.17) is 4.74 Å². The fourth-order valence-electron chi connectivity index (χ4n) is 1.88. The molecule has 0 aromatic heterocycles. The lowest BCUT2D eigenvalue weighted by Gasteiger charge is -2.10. The zero-order valence-corrected chi connectivity index (χ0v) is 12.7. The zero-order valence-electron chi connectivity index (χ0n) is 12.7. The van der Waals surface area contributed by atoms with Crippen LogP contribution < -0.4 is 10.6 Å². The number of hydrogen-bond acceptors (Lipinski definition) is 2. The highest BCUT2D eigenvalue weighted by Gasteiger charge is 1.96. The van der Waals surface area contributed by atoms with Crippen molar-refractivity contribution in [2.24, 2.45) is 4.99 Å². The van der Waals surface area contributed by atoms with Gasteiger partial charge in [-0.05, 0) is 31.7 Å². The molecule has 0 saturated heterocycles. The quantitative estimate of drug-likeness (QED) is 0.413. The lowest BCUT2D eigenvalue weighted by atomic mass is 10.1. The molecule has 1 rings (SSSR count). The Morgan fingerprint density at radius 2 is 1.95 bits per heavy atom. The number of aliphatic imine (C=N–C) groups is 1. The molecule has 0 bridgehead atoms. The van der Waals surface area contributed by atoms with E-state index in [0.717, 1.165) is 51.5 Å². The molecule has 0 atom stereocenters. The maximum Gasteiger partial charge on any atom is 0.191 e. The molecule has 0 aliphatic rings. The van der Waals surface area contributed by atoms with Gasteiger partial charge in [0, 0.05) is 33.4 Å². The number of benzene rings is 1. The van der Waals surface area contributed by atoms with Gasteiger partial charge in [-0.3, -0.25) is 4.99 Å². The molecule has 0 spiro atoms. The molecule has 20 heavy (non-hydrogen) atoms. The minimum atomic E-state index is 0.778. The first-order valence-corrected chi connectivity index (χ1v) is 7.42. The summed E-state index contributed by atoms with van der Waals surface area (Å²) in [7, 11) is 1.73. The van der Waals surface area contributed by atoms with E-state index in [2.05, 4.69) is 52.9 Å². The van der Waals surface area contributed by atoms with Crippen LogP contribution in [0.15, 0.2) is 35.3 Å². The number of hydrogen-bond donors (Lipinski definition) is 2. The molecule has 0 amide bonds. The van der Waals surface area contributed by atoms with Crippen molar-refractivity contribution in [2.75, 3.05) is 33.4 Å². The average molecular weight is 277 g/mol. The summed E-state index contributed by atoms with van der Waals surface area (Å²) in [6.07, 6.45) is 3.14. The second-order valence-electron chi connectivity index (χ2n) is 4.62. The molecule has 0 aliphatic heterocycles. The Hall–Kier alpha value is -1.55. The Kier molecular flexibility index (Phi) is 9.32. The van der Waals surface area contributed by atoms with Gasteiger partial charge in [0.25, 0.3) is 0 Å². The second kappa shape index (κ2) is 11.3. The van der Waals surface area contributed by atoms with Gasteiger partial charge in [-0.1, -0.05) is 30.3 Å².